The fourth-order valence-corrected chi connectivity index (χ4v) is 9.98. The molecule has 0 spiro atoms. The summed E-state index contributed by atoms with van der Waals surface area (Å²) in [5, 5.41) is 62.9. The van der Waals surface area contributed by atoms with Crippen molar-refractivity contribution in [3.05, 3.63) is 102 Å². The minimum Gasteiger partial charge on any atom is -0.508 e. The van der Waals surface area contributed by atoms with Crippen LogP contribution in [0, 0.1) is 11.8 Å². The molecule has 3 aromatic rings. The summed E-state index contributed by atoms with van der Waals surface area (Å²) in [4.78, 5) is 165. The fraction of sp³-hybridized carbons (Fsp3) is 0.508. The molecule has 0 unspecified atom stereocenters. The van der Waals surface area contributed by atoms with Gasteiger partial charge in [0.1, 0.15) is 66.2 Å². The topological polar surface area (TPSA) is 596 Å². The standard InChI is InChI=1S/C65H99N19O15/c1-36(2)30-47(81-54(90)43(18-11-27-73-63(67)68)77-59(95)51(34-40-21-23-41(86)24-22-40)84-61(97)49(80-53(89)42(66)35-85)32-38-14-7-5-8-15-38)57(93)76-44(19-12-28-74-64(69)70)55(91)83-50(33-39-16-9-6-10-17-39)60(96)78-45(25-26-52(87)88)56(92)82-48(31-37(3)4)58(94)79-46(62(98)99)20-13-29-75-65(71)72/h5-10,14-17,21-24,36-37,42-51,85-86H,11-13,18-20,25-35,66H2,1-4H3,(H,76,93)(H,77,95)(H,78,96)(H,79,94)(H,80,89)(H,81,90)(H,82,92)(H,83,91)(H,84,97)(H,87,88)(H,98,99)(H4,67,68,73)(H4,69,70,74)(H4,71,72,75)/t42-,43-,44-,45-,46-,47-,48-,49-,50-,51-/m0/s1. The van der Waals surface area contributed by atoms with Crippen LogP contribution in [0.2, 0.25) is 0 Å². The summed E-state index contributed by atoms with van der Waals surface area (Å²) in [6, 6.07) is 7.74. The number of carbonyl (C=O) groups excluding carboxylic acids is 9. The quantitative estimate of drug-likeness (QED) is 0.0147. The first-order chi connectivity index (χ1) is 46.8. The molecule has 0 radical (unpaired) electrons. The Balaban J connectivity index is 2.07. The van der Waals surface area contributed by atoms with Crippen molar-refractivity contribution in [3.8, 4) is 5.75 Å². The molecular weight excluding hydrogens is 1290 g/mol. The van der Waals surface area contributed by atoms with Gasteiger partial charge in [-0.1, -0.05) is 100 Å². The van der Waals surface area contributed by atoms with Crippen molar-refractivity contribution >= 4 is 83.0 Å². The number of aromatic hydroxyl groups is 1. The van der Waals surface area contributed by atoms with E-state index in [9.17, 15) is 73.2 Å². The second-order valence-corrected chi connectivity index (χ2v) is 24.5. The van der Waals surface area contributed by atoms with Gasteiger partial charge in [-0.2, -0.15) is 0 Å². The Hall–Kier alpha value is -10.6. The molecule has 34 heteroatoms. The van der Waals surface area contributed by atoms with E-state index in [1.807, 2.05) is 0 Å². The third kappa shape index (κ3) is 32.8. The third-order valence-corrected chi connectivity index (χ3v) is 15.1. The molecule has 3 aromatic carbocycles. The molecule has 0 aliphatic heterocycles. The van der Waals surface area contributed by atoms with E-state index >= 15 is 0 Å². The van der Waals surface area contributed by atoms with E-state index in [0.29, 0.717) is 16.7 Å². The summed E-state index contributed by atoms with van der Waals surface area (Å²) < 4.78 is 0. The number of carboxylic acids is 2. The van der Waals surface area contributed by atoms with Gasteiger partial charge in [0.25, 0.3) is 0 Å². The van der Waals surface area contributed by atoms with Crippen molar-refractivity contribution in [2.75, 3.05) is 26.2 Å². The van der Waals surface area contributed by atoms with Gasteiger partial charge in [-0.05, 0) is 98.4 Å². The highest BCUT2D eigenvalue weighted by Crippen LogP contribution is 2.16. The zero-order chi connectivity index (χ0) is 73.7. The van der Waals surface area contributed by atoms with Crippen LogP contribution in [0.15, 0.2) is 99.9 Å². The number of nitrogens with two attached hydrogens (primary N) is 7. The molecule has 10 atom stereocenters. The van der Waals surface area contributed by atoms with E-state index in [2.05, 4.69) is 62.8 Å². The first-order valence-electron chi connectivity index (χ1n) is 32.4. The summed E-state index contributed by atoms with van der Waals surface area (Å²) in [7, 11) is 0. The van der Waals surface area contributed by atoms with Crippen molar-refractivity contribution in [1.29, 1.82) is 0 Å². The van der Waals surface area contributed by atoms with Gasteiger partial charge in [-0.25, -0.2) is 4.79 Å². The number of aliphatic carboxylic acids is 2. The van der Waals surface area contributed by atoms with Crippen LogP contribution in [0.1, 0.15) is 109 Å². The average molecular weight is 1390 g/mol. The van der Waals surface area contributed by atoms with Crippen LogP contribution in [-0.4, -0.2) is 190 Å². The van der Waals surface area contributed by atoms with Gasteiger partial charge in [0.15, 0.2) is 17.9 Å². The Kier molecular flexibility index (Phi) is 36.3. The van der Waals surface area contributed by atoms with Crippen molar-refractivity contribution in [1.82, 2.24) is 47.9 Å². The molecule has 99 heavy (non-hydrogen) atoms. The summed E-state index contributed by atoms with van der Waals surface area (Å²) >= 11 is 0. The lowest BCUT2D eigenvalue weighted by molar-refractivity contribution is -0.142. The Labute approximate surface area is 574 Å². The van der Waals surface area contributed by atoms with E-state index < -0.39 is 145 Å². The van der Waals surface area contributed by atoms with Crippen LogP contribution < -0.4 is 88.0 Å². The van der Waals surface area contributed by atoms with Gasteiger partial charge in [0.05, 0.1) is 6.61 Å². The molecule has 0 bridgehead atoms. The second kappa shape index (κ2) is 43.5. The molecular formula is C65H99N19O15. The number of nitrogens with zero attached hydrogens (tertiary/aromatic N) is 3. The molecule has 0 saturated carbocycles. The number of aliphatic hydroxyl groups is 1. The van der Waals surface area contributed by atoms with Gasteiger partial charge in [0, 0.05) is 45.3 Å². The molecule has 0 heterocycles. The number of aliphatic imine (C=N–C) groups is 3. The van der Waals surface area contributed by atoms with Gasteiger partial charge < -0.3 is 108 Å². The van der Waals surface area contributed by atoms with Crippen molar-refractivity contribution in [2.24, 2.45) is 66.9 Å². The third-order valence-electron chi connectivity index (χ3n) is 15.1. The van der Waals surface area contributed by atoms with E-state index in [4.69, 9.17) is 40.1 Å². The monoisotopic (exact) mass is 1390 g/mol. The number of amides is 9. The maximum Gasteiger partial charge on any atom is 0.326 e. The lowest BCUT2D eigenvalue weighted by atomic mass is 9.99. The first kappa shape index (κ1) is 82.6. The Morgan fingerprint density at radius 3 is 0.990 bits per heavy atom. The molecule has 544 valence electrons. The Morgan fingerprint density at radius 1 is 0.384 bits per heavy atom. The number of phenolic OH excluding ortho intramolecular Hbond substituents is 1. The zero-order valence-corrected chi connectivity index (χ0v) is 56.2. The van der Waals surface area contributed by atoms with Crippen LogP contribution in [0.4, 0.5) is 0 Å². The summed E-state index contributed by atoms with van der Waals surface area (Å²) in [6.07, 6.45) is -2.06. The maximum absolute atomic E-state index is 14.8. The summed E-state index contributed by atoms with van der Waals surface area (Å²) in [6.45, 7) is 6.17. The highest BCUT2D eigenvalue weighted by Gasteiger charge is 2.37. The number of phenols is 1. The number of guanidine groups is 3. The molecule has 0 saturated heterocycles. The minimum atomic E-state index is -1.67. The van der Waals surface area contributed by atoms with Crippen molar-refractivity contribution < 1.29 is 73.2 Å². The van der Waals surface area contributed by atoms with Crippen LogP contribution in [0.5, 0.6) is 5.75 Å². The predicted molar refractivity (Wildman–Crippen MR) is 368 cm³/mol. The number of aliphatic hydroxyl groups excluding tert-OH is 1. The van der Waals surface area contributed by atoms with Crippen LogP contribution in [0.25, 0.3) is 0 Å². The molecule has 0 aliphatic rings. The minimum absolute atomic E-state index is 0.0301. The van der Waals surface area contributed by atoms with Crippen LogP contribution >= 0.6 is 0 Å². The van der Waals surface area contributed by atoms with Gasteiger partial charge in [-0.3, -0.25) is 62.9 Å². The number of benzene rings is 3. The average Bonchev–Trinajstić information content (AvgIpc) is 0.857. The van der Waals surface area contributed by atoms with Crippen molar-refractivity contribution in [2.45, 2.75) is 172 Å². The second-order valence-electron chi connectivity index (χ2n) is 24.5. The van der Waals surface area contributed by atoms with Crippen LogP contribution in [0.3, 0.4) is 0 Å². The Bertz CT molecular complexity index is 3220. The smallest absolute Gasteiger partial charge is 0.326 e. The first-order valence-corrected chi connectivity index (χ1v) is 32.4. The van der Waals surface area contributed by atoms with E-state index in [-0.39, 0.29) is 126 Å². The largest absolute Gasteiger partial charge is 0.508 e. The van der Waals surface area contributed by atoms with Gasteiger partial charge in [0.2, 0.25) is 53.2 Å². The number of carbonyl (C=O) groups is 11. The highest BCUT2D eigenvalue weighted by atomic mass is 16.4. The molecule has 34 nitrogen and oxygen atoms in total. The normalized spacial score (nSPS) is 14.0. The maximum atomic E-state index is 14.8. The molecule has 3 rings (SSSR count). The zero-order valence-electron chi connectivity index (χ0n) is 56.2. The predicted octanol–water partition coefficient (Wildman–Crippen LogP) is -3.69. The number of hydrogen-bond donors (Lipinski definition) is 20. The molecule has 9 amide bonds. The summed E-state index contributed by atoms with van der Waals surface area (Å²) in [5.41, 5.74) is 40.5. The van der Waals surface area contributed by atoms with E-state index in [1.165, 1.54) is 24.3 Å². The fourth-order valence-electron chi connectivity index (χ4n) is 9.98. The van der Waals surface area contributed by atoms with Crippen LogP contribution in [-0.2, 0) is 72.0 Å². The number of carboxylic acid groups (broad SMARTS) is 2. The van der Waals surface area contributed by atoms with E-state index in [1.54, 1.807) is 88.4 Å². The lowest BCUT2D eigenvalue weighted by Crippen LogP contribution is -2.61. The number of rotatable bonds is 45. The Morgan fingerprint density at radius 2 is 0.667 bits per heavy atom. The molecule has 27 N–H and O–H groups in total. The number of nitrogens with one attached hydrogen (secondary N) is 9. The van der Waals surface area contributed by atoms with Gasteiger partial charge >= 0.3 is 11.9 Å². The highest BCUT2D eigenvalue weighted by molar-refractivity contribution is 5.99. The molecule has 0 fully saturated rings. The number of hydrogen-bond acceptors (Lipinski definition) is 17. The summed E-state index contributed by atoms with van der Waals surface area (Å²) in [5.74, 6) is -12.6. The lowest BCUT2D eigenvalue weighted by Gasteiger charge is -2.29. The van der Waals surface area contributed by atoms with Gasteiger partial charge in [-0.15, -0.1) is 0 Å². The molecule has 0 aliphatic carbocycles. The SMILES string of the molecule is CC(C)C[C@H](NC(=O)[C@H](CCC(=O)O)NC(=O)[C@H](Cc1ccccc1)NC(=O)[C@H](CCCN=C(N)N)NC(=O)[C@H](CC(C)C)NC(=O)[C@H](CCCN=C(N)N)NC(=O)[C@H](Cc1ccc(O)cc1)NC(=O)[C@H](Cc1ccccc1)NC(=O)[C@@H](N)CO)C(=O)N[C@@H](CCCN=C(N)N)C(=O)O. The van der Waals surface area contributed by atoms with E-state index in [0.717, 1.165) is 0 Å². The van der Waals surface area contributed by atoms with Crippen molar-refractivity contribution in [3.63, 3.8) is 0 Å². The molecule has 0 aromatic heterocycles.